The number of piperidine rings is 1. The second kappa shape index (κ2) is 9.25. The van der Waals surface area contributed by atoms with Crippen LogP contribution in [0.2, 0.25) is 0 Å². The first kappa shape index (κ1) is 19.7. The second-order valence-corrected chi connectivity index (χ2v) is 8.83. The monoisotopic (exact) mass is 387 g/mol. The molecule has 4 rings (SSSR count). The molecule has 7 heteroatoms. The van der Waals surface area contributed by atoms with Gasteiger partial charge in [0.25, 0.3) is 0 Å². The number of nitrogens with one attached hydrogen (secondary N) is 1. The highest BCUT2D eigenvalue weighted by molar-refractivity contribution is 5.80. The third-order valence-electron chi connectivity index (χ3n) is 6.86. The average Bonchev–Trinajstić information content (AvgIpc) is 3.35. The fraction of sp³-hybridized carbons (Fsp3) is 0.857. The molecule has 1 saturated carbocycles. The van der Waals surface area contributed by atoms with Gasteiger partial charge in [-0.1, -0.05) is 25.7 Å². The third-order valence-corrected chi connectivity index (χ3v) is 6.86. The van der Waals surface area contributed by atoms with Crippen LogP contribution in [0.5, 0.6) is 0 Å². The molecule has 3 fully saturated rings. The van der Waals surface area contributed by atoms with E-state index in [4.69, 9.17) is 4.99 Å². The van der Waals surface area contributed by atoms with E-state index >= 15 is 0 Å². The number of hydrogen-bond donors (Lipinski definition) is 1. The Hall–Kier alpha value is -1.63. The minimum absolute atomic E-state index is 0.572. The summed E-state index contributed by atoms with van der Waals surface area (Å²) in [6.07, 6.45) is 12.0. The lowest BCUT2D eigenvalue weighted by atomic mass is 9.96. The van der Waals surface area contributed by atoms with Gasteiger partial charge in [-0.2, -0.15) is 0 Å². The number of aromatic nitrogens is 3. The molecule has 0 amide bonds. The fourth-order valence-electron chi connectivity index (χ4n) is 4.92. The van der Waals surface area contributed by atoms with Crippen LogP contribution in [0.25, 0.3) is 0 Å². The van der Waals surface area contributed by atoms with Crippen LogP contribution in [0.1, 0.15) is 69.4 Å². The zero-order chi connectivity index (χ0) is 19.3. The standard InChI is InChI=1S/C21H37N7/c1-17-24-25-20(26(17)2)15-22-21(23-18-9-5-3-6-10-18)28-14-11-19(16-28)27-12-7-4-8-13-27/h18-19H,3-16H2,1-2H3,(H,22,23). The number of aryl methyl sites for hydroxylation is 1. The molecule has 1 aromatic rings. The predicted molar refractivity (Wildman–Crippen MR) is 112 cm³/mol. The van der Waals surface area contributed by atoms with E-state index < -0.39 is 0 Å². The van der Waals surface area contributed by atoms with Gasteiger partial charge in [-0.15, -0.1) is 10.2 Å². The minimum Gasteiger partial charge on any atom is -0.353 e. The SMILES string of the molecule is Cc1nnc(CN=C(NC2CCCCC2)N2CCC(N3CCCCC3)C2)n1C. The number of hydrogen-bond acceptors (Lipinski definition) is 4. The lowest BCUT2D eigenvalue weighted by Crippen LogP contribution is -2.47. The van der Waals surface area contributed by atoms with Crippen molar-refractivity contribution in [3.05, 3.63) is 11.6 Å². The Bertz CT molecular complexity index is 656. The molecule has 0 spiro atoms. The average molecular weight is 388 g/mol. The molecule has 0 bridgehead atoms. The number of likely N-dealkylation sites (tertiary alicyclic amines) is 2. The van der Waals surface area contributed by atoms with Gasteiger partial charge < -0.3 is 14.8 Å². The van der Waals surface area contributed by atoms with Crippen molar-refractivity contribution in [1.29, 1.82) is 0 Å². The normalized spacial score (nSPS) is 25.4. The summed E-state index contributed by atoms with van der Waals surface area (Å²) in [5.74, 6) is 2.97. The van der Waals surface area contributed by atoms with Crippen LogP contribution in [0.3, 0.4) is 0 Å². The maximum atomic E-state index is 5.01. The van der Waals surface area contributed by atoms with Crippen LogP contribution in [-0.4, -0.2) is 68.8 Å². The van der Waals surface area contributed by atoms with Crippen molar-refractivity contribution in [1.82, 2.24) is 29.9 Å². The van der Waals surface area contributed by atoms with E-state index in [0.29, 0.717) is 18.6 Å². The van der Waals surface area contributed by atoms with Crippen molar-refractivity contribution < 1.29 is 0 Å². The topological polar surface area (TPSA) is 61.6 Å². The molecule has 1 aromatic heterocycles. The molecule has 0 aromatic carbocycles. The van der Waals surface area contributed by atoms with Gasteiger partial charge in [0.2, 0.25) is 0 Å². The van der Waals surface area contributed by atoms with Crippen molar-refractivity contribution in [3.63, 3.8) is 0 Å². The predicted octanol–water partition coefficient (Wildman–Crippen LogP) is 2.46. The van der Waals surface area contributed by atoms with E-state index in [1.807, 2.05) is 18.5 Å². The smallest absolute Gasteiger partial charge is 0.194 e. The highest BCUT2D eigenvalue weighted by Crippen LogP contribution is 2.22. The first-order valence-electron chi connectivity index (χ1n) is 11.4. The second-order valence-electron chi connectivity index (χ2n) is 8.83. The maximum absolute atomic E-state index is 5.01. The van der Waals surface area contributed by atoms with Gasteiger partial charge in [-0.3, -0.25) is 4.90 Å². The number of nitrogens with zero attached hydrogens (tertiary/aromatic N) is 6. The summed E-state index contributed by atoms with van der Waals surface area (Å²) < 4.78 is 2.04. The highest BCUT2D eigenvalue weighted by Gasteiger charge is 2.31. The Morgan fingerprint density at radius 1 is 1.00 bits per heavy atom. The highest BCUT2D eigenvalue weighted by atomic mass is 15.4. The molecule has 2 aliphatic heterocycles. The van der Waals surface area contributed by atoms with Gasteiger partial charge >= 0.3 is 0 Å². The van der Waals surface area contributed by atoms with Crippen molar-refractivity contribution in [2.75, 3.05) is 26.2 Å². The molecule has 1 atom stereocenters. The van der Waals surface area contributed by atoms with Crippen LogP contribution in [0.4, 0.5) is 0 Å². The molecular formula is C21H37N7. The summed E-state index contributed by atoms with van der Waals surface area (Å²) in [5.41, 5.74) is 0. The van der Waals surface area contributed by atoms with Crippen LogP contribution < -0.4 is 5.32 Å². The first-order valence-corrected chi connectivity index (χ1v) is 11.4. The lowest BCUT2D eigenvalue weighted by Gasteiger charge is -2.33. The summed E-state index contributed by atoms with van der Waals surface area (Å²) in [4.78, 5) is 10.2. The lowest BCUT2D eigenvalue weighted by molar-refractivity contribution is 0.168. The van der Waals surface area contributed by atoms with E-state index in [1.54, 1.807) is 0 Å². The van der Waals surface area contributed by atoms with Crippen LogP contribution in [0, 0.1) is 6.92 Å². The summed E-state index contributed by atoms with van der Waals surface area (Å²) in [5, 5.41) is 12.3. The van der Waals surface area contributed by atoms with E-state index in [9.17, 15) is 0 Å². The number of rotatable bonds is 4. The molecule has 1 aliphatic carbocycles. The van der Waals surface area contributed by atoms with Gasteiger partial charge in [0.15, 0.2) is 11.8 Å². The van der Waals surface area contributed by atoms with Gasteiger partial charge in [-0.05, 0) is 52.1 Å². The Labute approximate surface area is 169 Å². The van der Waals surface area contributed by atoms with E-state index in [1.165, 1.54) is 70.9 Å². The van der Waals surface area contributed by atoms with Crippen molar-refractivity contribution in [2.45, 2.75) is 83.3 Å². The largest absolute Gasteiger partial charge is 0.353 e. The number of aliphatic imine (C=N–C) groups is 1. The Morgan fingerprint density at radius 3 is 2.46 bits per heavy atom. The summed E-state index contributed by atoms with van der Waals surface area (Å²) in [6, 6.07) is 1.26. The molecule has 28 heavy (non-hydrogen) atoms. The summed E-state index contributed by atoms with van der Waals surface area (Å²) >= 11 is 0. The Kier molecular flexibility index (Phi) is 6.50. The Morgan fingerprint density at radius 2 is 1.75 bits per heavy atom. The number of guanidine groups is 1. The van der Waals surface area contributed by atoms with Gasteiger partial charge in [-0.25, -0.2) is 4.99 Å². The van der Waals surface area contributed by atoms with Gasteiger partial charge in [0.1, 0.15) is 12.4 Å². The van der Waals surface area contributed by atoms with E-state index in [-0.39, 0.29) is 0 Å². The Balaban J connectivity index is 1.44. The summed E-state index contributed by atoms with van der Waals surface area (Å²) in [6.45, 7) is 7.36. The molecule has 0 radical (unpaired) electrons. The van der Waals surface area contributed by atoms with Gasteiger partial charge in [0, 0.05) is 32.2 Å². The van der Waals surface area contributed by atoms with Crippen molar-refractivity contribution in [2.24, 2.45) is 12.0 Å². The minimum atomic E-state index is 0.572. The van der Waals surface area contributed by atoms with Gasteiger partial charge in [0.05, 0.1) is 0 Å². The van der Waals surface area contributed by atoms with E-state index in [0.717, 1.165) is 30.7 Å². The molecule has 156 valence electrons. The summed E-state index contributed by atoms with van der Waals surface area (Å²) in [7, 11) is 2.02. The molecule has 3 heterocycles. The maximum Gasteiger partial charge on any atom is 0.194 e. The van der Waals surface area contributed by atoms with Crippen LogP contribution in [-0.2, 0) is 13.6 Å². The zero-order valence-electron chi connectivity index (χ0n) is 17.7. The molecule has 2 saturated heterocycles. The molecule has 1 unspecified atom stereocenters. The van der Waals surface area contributed by atoms with Crippen molar-refractivity contribution in [3.8, 4) is 0 Å². The fourth-order valence-corrected chi connectivity index (χ4v) is 4.92. The van der Waals surface area contributed by atoms with Crippen LogP contribution >= 0.6 is 0 Å². The third kappa shape index (κ3) is 4.67. The first-order chi connectivity index (χ1) is 13.7. The van der Waals surface area contributed by atoms with Crippen LogP contribution in [0.15, 0.2) is 4.99 Å². The van der Waals surface area contributed by atoms with E-state index in [2.05, 4.69) is 25.3 Å². The molecular weight excluding hydrogens is 350 g/mol. The molecule has 3 aliphatic rings. The van der Waals surface area contributed by atoms with Crippen molar-refractivity contribution >= 4 is 5.96 Å². The quantitative estimate of drug-likeness (QED) is 0.635. The zero-order valence-corrected chi connectivity index (χ0v) is 17.7. The molecule has 7 nitrogen and oxygen atoms in total. The molecule has 1 N–H and O–H groups in total.